The molecule has 1 aromatic heterocycles. The van der Waals surface area contributed by atoms with Crippen molar-refractivity contribution in [3.8, 4) is 0 Å². The molecule has 4 heteroatoms. The molecule has 0 amide bonds. The van der Waals surface area contributed by atoms with Crippen LogP contribution < -0.4 is 5.69 Å². The standard InChI is InChI=1S/C13H17FN2O/c1-13(2,3)8-6-10-11(7-9(8)14)16(5)12(17)15(10)4/h6-7H,1-5H3. The van der Waals surface area contributed by atoms with E-state index >= 15 is 0 Å². The van der Waals surface area contributed by atoms with E-state index in [4.69, 9.17) is 0 Å². The number of rotatable bonds is 0. The molecule has 2 rings (SSSR count). The Morgan fingerprint density at radius 3 is 2.00 bits per heavy atom. The van der Waals surface area contributed by atoms with E-state index in [0.717, 1.165) is 5.52 Å². The third kappa shape index (κ3) is 1.68. The summed E-state index contributed by atoms with van der Waals surface area (Å²) in [5.74, 6) is -0.258. The predicted octanol–water partition coefficient (Wildman–Crippen LogP) is 2.31. The van der Waals surface area contributed by atoms with Gasteiger partial charge in [-0.25, -0.2) is 9.18 Å². The Kier molecular flexibility index (Phi) is 2.42. The van der Waals surface area contributed by atoms with Crippen molar-refractivity contribution in [2.75, 3.05) is 0 Å². The molecule has 0 bridgehead atoms. The van der Waals surface area contributed by atoms with Gasteiger partial charge < -0.3 is 0 Å². The van der Waals surface area contributed by atoms with Crippen molar-refractivity contribution in [3.63, 3.8) is 0 Å². The summed E-state index contributed by atoms with van der Waals surface area (Å²) >= 11 is 0. The summed E-state index contributed by atoms with van der Waals surface area (Å²) in [5, 5.41) is 0. The van der Waals surface area contributed by atoms with Crippen molar-refractivity contribution in [3.05, 3.63) is 34.0 Å². The highest BCUT2D eigenvalue weighted by molar-refractivity contribution is 5.77. The van der Waals surface area contributed by atoms with Gasteiger partial charge in [0.25, 0.3) is 0 Å². The normalized spacial score (nSPS) is 12.4. The summed E-state index contributed by atoms with van der Waals surface area (Å²) < 4.78 is 17.0. The Labute approximate surface area is 99.5 Å². The molecule has 0 N–H and O–H groups in total. The zero-order valence-electron chi connectivity index (χ0n) is 10.8. The molecule has 0 aliphatic carbocycles. The Balaban J connectivity index is 2.91. The maximum absolute atomic E-state index is 14.0. The van der Waals surface area contributed by atoms with E-state index in [1.54, 1.807) is 24.7 Å². The molecular weight excluding hydrogens is 219 g/mol. The summed E-state index contributed by atoms with van der Waals surface area (Å²) in [7, 11) is 3.36. The number of fused-ring (bicyclic) bond motifs is 1. The molecule has 0 spiro atoms. The van der Waals surface area contributed by atoms with Crippen molar-refractivity contribution in [1.82, 2.24) is 9.13 Å². The van der Waals surface area contributed by atoms with E-state index in [-0.39, 0.29) is 16.9 Å². The minimum Gasteiger partial charge on any atom is -0.295 e. The highest BCUT2D eigenvalue weighted by Gasteiger charge is 2.21. The van der Waals surface area contributed by atoms with Gasteiger partial charge in [-0.05, 0) is 17.0 Å². The summed E-state index contributed by atoms with van der Waals surface area (Å²) in [6.45, 7) is 5.87. The van der Waals surface area contributed by atoms with Crippen LogP contribution in [0, 0.1) is 5.82 Å². The van der Waals surface area contributed by atoms with E-state index in [1.165, 1.54) is 10.6 Å². The third-order valence-corrected chi connectivity index (χ3v) is 3.17. The van der Waals surface area contributed by atoms with Crippen LogP contribution in [0.5, 0.6) is 0 Å². The highest BCUT2D eigenvalue weighted by atomic mass is 19.1. The second-order valence-corrected chi connectivity index (χ2v) is 5.47. The van der Waals surface area contributed by atoms with Crippen LogP contribution >= 0.6 is 0 Å². The number of aromatic nitrogens is 2. The van der Waals surface area contributed by atoms with Crippen molar-refractivity contribution in [2.24, 2.45) is 14.1 Å². The fourth-order valence-corrected chi connectivity index (χ4v) is 2.09. The lowest BCUT2D eigenvalue weighted by atomic mass is 9.86. The smallest absolute Gasteiger partial charge is 0.295 e. The zero-order valence-corrected chi connectivity index (χ0v) is 10.8. The second-order valence-electron chi connectivity index (χ2n) is 5.47. The average molecular weight is 236 g/mol. The number of nitrogens with zero attached hydrogens (tertiary/aromatic N) is 2. The molecule has 3 nitrogen and oxygen atoms in total. The van der Waals surface area contributed by atoms with Gasteiger partial charge in [-0.3, -0.25) is 9.13 Å². The third-order valence-electron chi connectivity index (χ3n) is 3.17. The molecular formula is C13H17FN2O. The van der Waals surface area contributed by atoms with Crippen LogP contribution in [0.1, 0.15) is 26.3 Å². The fourth-order valence-electron chi connectivity index (χ4n) is 2.09. The van der Waals surface area contributed by atoms with Crippen molar-refractivity contribution in [2.45, 2.75) is 26.2 Å². The van der Waals surface area contributed by atoms with Gasteiger partial charge in [-0.2, -0.15) is 0 Å². The molecule has 0 aliphatic heterocycles. The van der Waals surface area contributed by atoms with Crippen LogP contribution in [0.4, 0.5) is 4.39 Å². The monoisotopic (exact) mass is 236 g/mol. The number of hydrogen-bond acceptors (Lipinski definition) is 1. The minimum absolute atomic E-state index is 0.134. The predicted molar refractivity (Wildman–Crippen MR) is 66.8 cm³/mol. The number of halogens is 1. The first-order valence-corrected chi connectivity index (χ1v) is 5.59. The number of benzene rings is 1. The topological polar surface area (TPSA) is 26.9 Å². The maximum atomic E-state index is 14.0. The molecule has 0 radical (unpaired) electrons. The van der Waals surface area contributed by atoms with Crippen LogP contribution in [0.3, 0.4) is 0 Å². The molecule has 0 fully saturated rings. The molecule has 0 unspecified atom stereocenters. The van der Waals surface area contributed by atoms with E-state index in [0.29, 0.717) is 11.1 Å². The first-order valence-electron chi connectivity index (χ1n) is 5.59. The Bertz CT molecular complexity index is 644. The molecule has 0 saturated heterocycles. The molecule has 17 heavy (non-hydrogen) atoms. The van der Waals surface area contributed by atoms with Gasteiger partial charge in [0.05, 0.1) is 11.0 Å². The average Bonchev–Trinajstić information content (AvgIpc) is 2.41. The van der Waals surface area contributed by atoms with Gasteiger partial charge in [0.15, 0.2) is 0 Å². The minimum atomic E-state index is -0.274. The molecule has 2 aromatic rings. The van der Waals surface area contributed by atoms with Crippen molar-refractivity contribution in [1.29, 1.82) is 0 Å². The summed E-state index contributed by atoms with van der Waals surface area (Å²) in [6, 6.07) is 3.21. The van der Waals surface area contributed by atoms with Gasteiger partial charge in [-0.15, -0.1) is 0 Å². The Morgan fingerprint density at radius 2 is 1.53 bits per heavy atom. The Hall–Kier alpha value is -1.58. The zero-order chi connectivity index (χ0) is 13.0. The fraction of sp³-hybridized carbons (Fsp3) is 0.462. The van der Waals surface area contributed by atoms with E-state index in [2.05, 4.69) is 0 Å². The van der Waals surface area contributed by atoms with E-state index in [9.17, 15) is 9.18 Å². The van der Waals surface area contributed by atoms with Crippen LogP contribution in [-0.4, -0.2) is 9.13 Å². The van der Waals surface area contributed by atoms with Gasteiger partial charge in [0.1, 0.15) is 5.82 Å². The van der Waals surface area contributed by atoms with Crippen LogP contribution in [0.15, 0.2) is 16.9 Å². The quantitative estimate of drug-likeness (QED) is 0.689. The molecule has 0 atom stereocenters. The van der Waals surface area contributed by atoms with E-state index < -0.39 is 0 Å². The van der Waals surface area contributed by atoms with Crippen LogP contribution in [-0.2, 0) is 19.5 Å². The molecule has 1 heterocycles. The highest BCUT2D eigenvalue weighted by Crippen LogP contribution is 2.28. The van der Waals surface area contributed by atoms with Crippen LogP contribution in [0.2, 0.25) is 0 Å². The lowest BCUT2D eigenvalue weighted by Crippen LogP contribution is -2.19. The summed E-state index contributed by atoms with van der Waals surface area (Å²) in [4.78, 5) is 11.8. The largest absolute Gasteiger partial charge is 0.328 e. The molecule has 1 aromatic carbocycles. The SMILES string of the molecule is Cn1c(=O)n(C)c2cc(C(C)(C)C)c(F)cc21. The van der Waals surface area contributed by atoms with Gasteiger partial charge in [-0.1, -0.05) is 20.8 Å². The number of hydrogen-bond donors (Lipinski definition) is 0. The number of aryl methyl sites for hydroxylation is 2. The van der Waals surface area contributed by atoms with Gasteiger partial charge in [0.2, 0.25) is 0 Å². The first-order chi connectivity index (χ1) is 7.73. The second kappa shape index (κ2) is 3.45. The van der Waals surface area contributed by atoms with Gasteiger partial charge in [0, 0.05) is 20.2 Å². The van der Waals surface area contributed by atoms with Crippen LogP contribution in [0.25, 0.3) is 11.0 Å². The first kappa shape index (κ1) is 11.9. The summed E-state index contributed by atoms with van der Waals surface area (Å²) in [5.41, 5.74) is 1.62. The molecule has 0 aliphatic rings. The lowest BCUT2D eigenvalue weighted by molar-refractivity contribution is 0.524. The lowest BCUT2D eigenvalue weighted by Gasteiger charge is -2.20. The van der Waals surface area contributed by atoms with Crippen molar-refractivity contribution >= 4 is 11.0 Å². The number of imidazole rings is 1. The van der Waals surface area contributed by atoms with E-state index in [1.807, 2.05) is 20.8 Å². The maximum Gasteiger partial charge on any atom is 0.328 e. The summed E-state index contributed by atoms with van der Waals surface area (Å²) in [6.07, 6.45) is 0. The van der Waals surface area contributed by atoms with Gasteiger partial charge >= 0.3 is 5.69 Å². The molecule has 0 saturated carbocycles. The Morgan fingerprint density at radius 1 is 1.06 bits per heavy atom. The molecule has 92 valence electrons. The van der Waals surface area contributed by atoms with Crippen molar-refractivity contribution < 1.29 is 4.39 Å².